The van der Waals surface area contributed by atoms with Crippen LogP contribution in [0, 0.1) is 17.8 Å². The minimum absolute atomic E-state index is 0.857. The molecule has 1 aliphatic rings. The summed E-state index contributed by atoms with van der Waals surface area (Å²) in [4.78, 5) is 2.40. The Balaban J connectivity index is 2.60. The van der Waals surface area contributed by atoms with E-state index in [0.717, 1.165) is 17.8 Å². The fourth-order valence-electron chi connectivity index (χ4n) is 3.69. The normalized spacial score (nSPS) is 28.3. The van der Waals surface area contributed by atoms with Gasteiger partial charge in [-0.1, -0.05) is 58.8 Å². The van der Waals surface area contributed by atoms with Crippen LogP contribution >= 0.6 is 0 Å². The van der Waals surface area contributed by atoms with Gasteiger partial charge in [-0.15, -0.1) is 0 Å². The molecule has 0 aromatic heterocycles. The third-order valence-corrected chi connectivity index (χ3v) is 4.67. The Morgan fingerprint density at radius 3 is 1.83 bits per heavy atom. The zero-order valence-electron chi connectivity index (χ0n) is 13.3. The maximum absolute atomic E-state index is 2.44. The first-order chi connectivity index (χ1) is 8.61. The van der Waals surface area contributed by atoms with Gasteiger partial charge < -0.3 is 4.90 Å². The summed E-state index contributed by atoms with van der Waals surface area (Å²) in [6.45, 7) is 6.17. The molecule has 0 N–H and O–H groups in total. The minimum atomic E-state index is 0.857. The Kier molecular flexibility index (Phi) is 7.97. The van der Waals surface area contributed by atoms with E-state index in [2.05, 4.69) is 32.8 Å². The second-order valence-electron chi connectivity index (χ2n) is 6.98. The molecule has 0 aliphatic heterocycles. The number of hydrogen-bond acceptors (Lipinski definition) is 1. The van der Waals surface area contributed by atoms with Crippen molar-refractivity contribution in [3.05, 3.63) is 0 Å². The van der Waals surface area contributed by atoms with Crippen LogP contribution < -0.4 is 0 Å². The molecule has 0 amide bonds. The highest BCUT2D eigenvalue weighted by atomic mass is 15.1. The van der Waals surface area contributed by atoms with Gasteiger partial charge in [0.05, 0.1) is 0 Å². The number of nitrogens with zero attached hydrogens (tertiary/aromatic N) is 1. The quantitative estimate of drug-likeness (QED) is 0.687. The largest absolute Gasteiger partial charge is 0.309 e. The molecule has 0 spiro atoms. The summed E-state index contributed by atoms with van der Waals surface area (Å²) in [6.07, 6.45) is 13.2. The van der Waals surface area contributed by atoms with Crippen LogP contribution in [0.3, 0.4) is 0 Å². The molecule has 2 atom stereocenters. The highest BCUT2D eigenvalue weighted by Gasteiger charge is 2.24. The van der Waals surface area contributed by atoms with Gasteiger partial charge in [0.2, 0.25) is 0 Å². The molecular weight excluding hydrogens is 218 g/mol. The summed E-state index contributed by atoms with van der Waals surface area (Å²) >= 11 is 0. The van der Waals surface area contributed by atoms with Crippen molar-refractivity contribution in [2.45, 2.75) is 71.6 Å². The first-order valence-corrected chi connectivity index (χ1v) is 8.26. The zero-order valence-corrected chi connectivity index (χ0v) is 13.3. The van der Waals surface area contributed by atoms with E-state index < -0.39 is 0 Å². The van der Waals surface area contributed by atoms with Gasteiger partial charge in [0.25, 0.3) is 0 Å². The molecule has 108 valence electrons. The van der Waals surface area contributed by atoms with Crippen molar-refractivity contribution >= 4 is 0 Å². The van der Waals surface area contributed by atoms with Crippen LogP contribution in [0.15, 0.2) is 0 Å². The Hall–Kier alpha value is -0.0400. The van der Waals surface area contributed by atoms with Gasteiger partial charge in [-0.2, -0.15) is 0 Å². The predicted molar refractivity (Wildman–Crippen MR) is 81.9 cm³/mol. The van der Waals surface area contributed by atoms with E-state index in [4.69, 9.17) is 0 Å². The molecule has 0 bridgehead atoms. The van der Waals surface area contributed by atoms with Crippen LogP contribution in [-0.4, -0.2) is 25.5 Å². The van der Waals surface area contributed by atoms with E-state index in [1.807, 2.05) is 0 Å². The molecule has 0 radical (unpaired) electrons. The van der Waals surface area contributed by atoms with Crippen molar-refractivity contribution in [3.63, 3.8) is 0 Å². The predicted octanol–water partition coefficient (Wildman–Crippen LogP) is 4.96. The van der Waals surface area contributed by atoms with E-state index in [9.17, 15) is 0 Å². The summed E-state index contributed by atoms with van der Waals surface area (Å²) in [6, 6.07) is 0. The Morgan fingerprint density at radius 1 is 0.833 bits per heavy atom. The molecule has 0 aromatic carbocycles. The molecular formula is C17H35N. The van der Waals surface area contributed by atoms with E-state index in [1.165, 1.54) is 64.3 Å². The highest BCUT2D eigenvalue weighted by molar-refractivity contribution is 4.76. The third kappa shape index (κ3) is 6.22. The minimum Gasteiger partial charge on any atom is -0.309 e. The van der Waals surface area contributed by atoms with Crippen LogP contribution in [0.5, 0.6) is 0 Å². The lowest BCUT2D eigenvalue weighted by atomic mass is 9.77. The average molecular weight is 253 g/mol. The lowest BCUT2D eigenvalue weighted by Gasteiger charge is -2.32. The van der Waals surface area contributed by atoms with Gasteiger partial charge in [-0.25, -0.2) is 0 Å². The van der Waals surface area contributed by atoms with Gasteiger partial charge in [0.15, 0.2) is 0 Å². The number of rotatable bonds is 3. The smallest absolute Gasteiger partial charge is 0.000631 e. The second-order valence-corrected chi connectivity index (χ2v) is 6.98. The van der Waals surface area contributed by atoms with Gasteiger partial charge in [0.1, 0.15) is 0 Å². The molecule has 18 heavy (non-hydrogen) atoms. The number of hydrogen-bond donors (Lipinski definition) is 0. The summed E-state index contributed by atoms with van der Waals surface area (Å²) in [5.74, 6) is 2.74. The maximum atomic E-state index is 2.44. The molecule has 0 aromatic rings. The van der Waals surface area contributed by atoms with E-state index in [1.54, 1.807) is 0 Å². The summed E-state index contributed by atoms with van der Waals surface area (Å²) in [7, 11) is 4.48. The molecule has 1 saturated carbocycles. The molecule has 0 heterocycles. The lowest BCUT2D eigenvalue weighted by molar-refractivity contribution is 0.173. The van der Waals surface area contributed by atoms with Gasteiger partial charge in [-0.05, 0) is 44.7 Å². The second kappa shape index (κ2) is 8.96. The first-order valence-electron chi connectivity index (χ1n) is 8.26. The van der Waals surface area contributed by atoms with Gasteiger partial charge >= 0.3 is 0 Å². The molecule has 1 aliphatic carbocycles. The van der Waals surface area contributed by atoms with Crippen molar-refractivity contribution in [1.82, 2.24) is 4.90 Å². The molecule has 1 nitrogen and oxygen atoms in total. The van der Waals surface area contributed by atoms with E-state index in [-0.39, 0.29) is 0 Å². The highest BCUT2D eigenvalue weighted by Crippen LogP contribution is 2.32. The van der Waals surface area contributed by atoms with Crippen LogP contribution in [0.1, 0.15) is 71.6 Å². The molecule has 1 fully saturated rings. The van der Waals surface area contributed by atoms with Crippen LogP contribution in [-0.2, 0) is 0 Å². The first kappa shape index (κ1) is 16.0. The fourth-order valence-corrected chi connectivity index (χ4v) is 3.69. The van der Waals surface area contributed by atoms with Crippen LogP contribution in [0.25, 0.3) is 0 Å². The standard InChI is InChI=1S/C17H35N/c1-15(2)17-13-11-9-7-5-6-8-10-12-16(17)14-18(3)4/h15-17H,5-14H2,1-4H3. The monoisotopic (exact) mass is 253 g/mol. The van der Waals surface area contributed by atoms with Crippen molar-refractivity contribution < 1.29 is 0 Å². The Labute approximate surface area is 115 Å². The summed E-state index contributed by atoms with van der Waals surface area (Å²) < 4.78 is 0. The van der Waals surface area contributed by atoms with Gasteiger partial charge in [0, 0.05) is 6.54 Å². The van der Waals surface area contributed by atoms with E-state index in [0.29, 0.717) is 0 Å². The van der Waals surface area contributed by atoms with Gasteiger partial charge in [-0.3, -0.25) is 0 Å². The van der Waals surface area contributed by atoms with Crippen molar-refractivity contribution in [2.24, 2.45) is 17.8 Å². The topological polar surface area (TPSA) is 3.24 Å². The van der Waals surface area contributed by atoms with Crippen molar-refractivity contribution in [2.75, 3.05) is 20.6 Å². The Morgan fingerprint density at radius 2 is 1.33 bits per heavy atom. The lowest BCUT2D eigenvalue weighted by Crippen LogP contribution is -2.30. The fraction of sp³-hybridized carbons (Fsp3) is 1.00. The van der Waals surface area contributed by atoms with E-state index >= 15 is 0 Å². The van der Waals surface area contributed by atoms with Crippen molar-refractivity contribution in [1.29, 1.82) is 0 Å². The molecule has 2 unspecified atom stereocenters. The summed E-state index contributed by atoms with van der Waals surface area (Å²) in [5, 5.41) is 0. The molecule has 1 heteroatoms. The average Bonchev–Trinajstić information content (AvgIpc) is 2.33. The van der Waals surface area contributed by atoms with Crippen molar-refractivity contribution in [3.8, 4) is 0 Å². The SMILES string of the molecule is CC(C)C1CCCCCCCCCC1CN(C)C. The maximum Gasteiger partial charge on any atom is 0.000631 e. The Bertz CT molecular complexity index is 198. The molecule has 1 rings (SSSR count). The third-order valence-electron chi connectivity index (χ3n) is 4.67. The van der Waals surface area contributed by atoms with Crippen LogP contribution in [0.4, 0.5) is 0 Å². The molecule has 0 saturated heterocycles. The summed E-state index contributed by atoms with van der Waals surface area (Å²) in [5.41, 5.74) is 0. The van der Waals surface area contributed by atoms with Crippen LogP contribution in [0.2, 0.25) is 0 Å². The zero-order chi connectivity index (χ0) is 13.4.